The summed E-state index contributed by atoms with van der Waals surface area (Å²) in [5.41, 5.74) is 0.930. The highest BCUT2D eigenvalue weighted by atomic mass is 32.6. The van der Waals surface area contributed by atoms with Gasteiger partial charge in [-0.25, -0.2) is 0 Å². The molecule has 0 aliphatic carbocycles. The van der Waals surface area contributed by atoms with Gasteiger partial charge in [0, 0.05) is 13.2 Å². The monoisotopic (exact) mass is 228 g/mol. The third-order valence-corrected chi connectivity index (χ3v) is 13.6. The third-order valence-electron chi connectivity index (χ3n) is 2.10. The Bertz CT molecular complexity index is 117. The molecule has 1 aliphatic heterocycles. The van der Waals surface area contributed by atoms with Crippen LogP contribution in [0.5, 0.6) is 0 Å². The molecule has 0 radical (unpaired) electrons. The second-order valence-electron chi connectivity index (χ2n) is 2.94. The number of rotatable bonds is 2. The Morgan fingerprint density at radius 3 is 2.91 bits per heavy atom. The van der Waals surface area contributed by atoms with Crippen molar-refractivity contribution in [3.8, 4) is 0 Å². The lowest BCUT2D eigenvalue weighted by Crippen LogP contribution is -2.26. The molecule has 11 heavy (non-hydrogen) atoms. The van der Waals surface area contributed by atoms with E-state index in [0.29, 0.717) is 0 Å². The zero-order valence-electron chi connectivity index (χ0n) is 6.79. The zero-order chi connectivity index (χ0) is 8.27. The minimum atomic E-state index is 0.192. The molecule has 1 nitrogen and oxygen atoms in total. The van der Waals surface area contributed by atoms with E-state index in [2.05, 4.69) is 24.8 Å². The van der Waals surface area contributed by atoms with Crippen molar-refractivity contribution in [2.24, 2.45) is 5.92 Å². The fourth-order valence-corrected chi connectivity index (χ4v) is 7.36. The fraction of sp³-hybridized carbons (Fsp3) is 1.00. The van der Waals surface area contributed by atoms with Gasteiger partial charge in [-0.05, 0) is 18.0 Å². The first-order valence-corrected chi connectivity index (χ1v) is 10.5. The summed E-state index contributed by atoms with van der Waals surface area (Å²) in [4.78, 5) is 0. The first-order chi connectivity index (χ1) is 5.25. The average molecular weight is 228 g/mol. The summed E-state index contributed by atoms with van der Waals surface area (Å²) in [5, 5.41) is 0. The van der Waals surface area contributed by atoms with Gasteiger partial charge in [0.15, 0.2) is 0 Å². The smallest absolute Gasteiger partial charge is 0.0497 e. The van der Waals surface area contributed by atoms with Gasteiger partial charge in [0.05, 0.1) is 0 Å². The maximum Gasteiger partial charge on any atom is 0.0497 e. The molecule has 0 amide bonds. The summed E-state index contributed by atoms with van der Waals surface area (Å²) in [6.45, 7) is 4.28. The van der Waals surface area contributed by atoms with Crippen molar-refractivity contribution in [3.05, 3.63) is 0 Å². The standard InChI is InChI=1S/C6H16OP4/c1-5-4-7-3-2-6(5)11(9)10-8/h5-6,10H,2-4,8-9H2,1H3/t5-,6-,11?/m0/s1. The molecule has 4 unspecified atom stereocenters. The highest BCUT2D eigenvalue weighted by Crippen LogP contribution is 2.71. The Morgan fingerprint density at radius 1 is 1.64 bits per heavy atom. The minimum Gasteiger partial charge on any atom is -0.381 e. The van der Waals surface area contributed by atoms with E-state index in [4.69, 9.17) is 4.74 Å². The molecule has 1 aliphatic rings. The zero-order valence-corrected chi connectivity index (χ0v) is 11.0. The summed E-state index contributed by atoms with van der Waals surface area (Å²) < 4.78 is 5.40. The molecular formula is C6H16OP4. The van der Waals surface area contributed by atoms with Crippen LogP contribution in [0, 0.1) is 5.92 Å². The van der Waals surface area contributed by atoms with Crippen molar-refractivity contribution in [3.63, 3.8) is 0 Å². The van der Waals surface area contributed by atoms with E-state index < -0.39 is 0 Å². The van der Waals surface area contributed by atoms with Gasteiger partial charge in [-0.3, -0.25) is 0 Å². The third kappa shape index (κ3) is 3.14. The van der Waals surface area contributed by atoms with Crippen LogP contribution in [0.2, 0.25) is 0 Å². The van der Waals surface area contributed by atoms with Gasteiger partial charge in [-0.2, -0.15) is 0 Å². The summed E-state index contributed by atoms with van der Waals surface area (Å²) in [5.74, 6) is 0.778. The normalized spacial score (nSPS) is 36.3. The van der Waals surface area contributed by atoms with Crippen molar-refractivity contribution >= 4 is 33.1 Å². The van der Waals surface area contributed by atoms with Crippen LogP contribution in [0.3, 0.4) is 0 Å². The van der Waals surface area contributed by atoms with Crippen LogP contribution in [0.1, 0.15) is 13.3 Å². The van der Waals surface area contributed by atoms with Crippen LogP contribution < -0.4 is 0 Å². The molecule has 0 aromatic rings. The molecule has 1 fully saturated rings. The molecule has 0 N–H and O–H groups in total. The summed E-state index contributed by atoms with van der Waals surface area (Å²) >= 11 is 0. The predicted octanol–water partition coefficient (Wildman–Crippen LogP) is 3.07. The fourth-order valence-electron chi connectivity index (χ4n) is 1.38. The van der Waals surface area contributed by atoms with Gasteiger partial charge < -0.3 is 4.74 Å². The maximum absolute atomic E-state index is 5.40. The second kappa shape index (κ2) is 5.42. The molecule has 1 heterocycles. The minimum absolute atomic E-state index is 0.192. The Labute approximate surface area is 76.4 Å². The summed E-state index contributed by atoms with van der Waals surface area (Å²) in [6.07, 6.45) is 1.28. The molecular weight excluding hydrogens is 212 g/mol. The molecule has 1 rings (SSSR count). The van der Waals surface area contributed by atoms with Crippen molar-refractivity contribution < 1.29 is 4.74 Å². The lowest BCUT2D eigenvalue weighted by atomic mass is 10.0. The van der Waals surface area contributed by atoms with Crippen LogP contribution in [0.25, 0.3) is 0 Å². The Morgan fingerprint density at radius 2 is 2.36 bits per heavy atom. The highest BCUT2D eigenvalue weighted by Gasteiger charge is 2.25. The van der Waals surface area contributed by atoms with Gasteiger partial charge in [-0.15, -0.1) is 17.9 Å². The molecule has 0 aromatic carbocycles. The highest BCUT2D eigenvalue weighted by molar-refractivity contribution is 8.61. The summed E-state index contributed by atoms with van der Waals surface area (Å²) in [7, 11) is 7.13. The van der Waals surface area contributed by atoms with Crippen LogP contribution in [-0.2, 0) is 4.74 Å². The van der Waals surface area contributed by atoms with Crippen LogP contribution >= 0.6 is 33.1 Å². The summed E-state index contributed by atoms with van der Waals surface area (Å²) in [6, 6.07) is 0. The number of hydrogen-bond donors (Lipinski definition) is 0. The lowest BCUT2D eigenvalue weighted by molar-refractivity contribution is 0.0652. The van der Waals surface area contributed by atoms with Crippen molar-refractivity contribution in [1.82, 2.24) is 0 Å². The van der Waals surface area contributed by atoms with Crippen LogP contribution in [0.15, 0.2) is 0 Å². The maximum atomic E-state index is 5.40. The molecule has 0 spiro atoms. The van der Waals surface area contributed by atoms with E-state index in [1.165, 1.54) is 6.42 Å². The molecule has 5 heteroatoms. The van der Waals surface area contributed by atoms with Crippen LogP contribution in [-0.4, -0.2) is 18.9 Å². The largest absolute Gasteiger partial charge is 0.381 e. The first-order valence-electron chi connectivity index (χ1n) is 3.83. The quantitative estimate of drug-likeness (QED) is 0.660. The molecule has 0 bridgehead atoms. The van der Waals surface area contributed by atoms with Crippen molar-refractivity contribution in [1.29, 1.82) is 0 Å². The lowest BCUT2D eigenvalue weighted by Gasteiger charge is -2.32. The van der Waals surface area contributed by atoms with E-state index in [1.54, 1.807) is 0 Å². The van der Waals surface area contributed by atoms with E-state index in [1.807, 2.05) is 0 Å². The Balaban J connectivity index is 2.40. The van der Waals surface area contributed by atoms with E-state index in [0.717, 1.165) is 32.7 Å². The molecule has 0 saturated carbocycles. The number of ether oxygens (including phenoxy) is 1. The molecule has 6 atom stereocenters. The van der Waals surface area contributed by atoms with Gasteiger partial charge in [-0.1, -0.05) is 22.2 Å². The van der Waals surface area contributed by atoms with E-state index in [-0.39, 0.29) is 7.30 Å². The predicted molar refractivity (Wildman–Crippen MR) is 63.0 cm³/mol. The van der Waals surface area contributed by atoms with Crippen LogP contribution in [0.4, 0.5) is 0 Å². The SMILES string of the molecule is C[C@H]1COCC[C@@H]1P(P)PP. The van der Waals surface area contributed by atoms with Crippen molar-refractivity contribution in [2.45, 2.75) is 19.0 Å². The van der Waals surface area contributed by atoms with Gasteiger partial charge in [0.2, 0.25) is 0 Å². The van der Waals surface area contributed by atoms with Gasteiger partial charge >= 0.3 is 0 Å². The topological polar surface area (TPSA) is 9.23 Å². The second-order valence-corrected chi connectivity index (χ2v) is 12.5. The molecule has 0 aromatic heterocycles. The Kier molecular flexibility index (Phi) is 5.30. The molecule has 1 saturated heterocycles. The first kappa shape index (κ1) is 10.8. The number of hydrogen-bond acceptors (Lipinski definition) is 1. The molecule has 66 valence electrons. The Hall–Kier alpha value is 1.68. The van der Waals surface area contributed by atoms with E-state index >= 15 is 0 Å². The van der Waals surface area contributed by atoms with Gasteiger partial charge in [0.25, 0.3) is 0 Å². The van der Waals surface area contributed by atoms with E-state index in [9.17, 15) is 0 Å². The van der Waals surface area contributed by atoms with Gasteiger partial charge in [0.1, 0.15) is 0 Å². The average Bonchev–Trinajstić information content (AvgIpc) is 2.04. The van der Waals surface area contributed by atoms with Crippen molar-refractivity contribution in [2.75, 3.05) is 13.2 Å².